The van der Waals surface area contributed by atoms with Crippen molar-refractivity contribution in [1.82, 2.24) is 10.6 Å². The molecule has 1 aliphatic heterocycles. The smallest absolute Gasteiger partial charge is 0.191 e. The lowest BCUT2D eigenvalue weighted by atomic mass is 10.1. The molecule has 1 saturated heterocycles. The number of nitrogens with one attached hydrogen (secondary N) is 2. The topological polar surface area (TPSA) is 65.9 Å². The van der Waals surface area contributed by atoms with Crippen molar-refractivity contribution in [2.24, 2.45) is 4.99 Å². The minimum Gasteiger partial charge on any atom is -0.497 e. The van der Waals surface area contributed by atoms with Gasteiger partial charge in [-0.15, -0.1) is 0 Å². The number of aliphatic imine (C=N–C) groups is 1. The fourth-order valence-electron chi connectivity index (χ4n) is 2.49. The number of hydrogen-bond donors (Lipinski definition) is 3. The lowest BCUT2D eigenvalue weighted by molar-refractivity contribution is 0.186. The SMILES string of the molecule is CCNC(=NCC(O)c1cccc(OC)c1)NCC1CCCS1. The second kappa shape index (κ2) is 9.67. The van der Waals surface area contributed by atoms with Gasteiger partial charge < -0.3 is 20.5 Å². The highest BCUT2D eigenvalue weighted by Crippen LogP contribution is 2.25. The number of hydrogen-bond acceptors (Lipinski definition) is 4. The van der Waals surface area contributed by atoms with Crippen LogP contribution in [0.15, 0.2) is 29.3 Å². The minimum atomic E-state index is -0.638. The summed E-state index contributed by atoms with van der Waals surface area (Å²) in [5.41, 5.74) is 0.815. The van der Waals surface area contributed by atoms with Crippen LogP contribution in [0.25, 0.3) is 0 Å². The van der Waals surface area contributed by atoms with E-state index in [1.807, 2.05) is 43.0 Å². The average molecular weight is 337 g/mol. The zero-order valence-corrected chi connectivity index (χ0v) is 14.7. The summed E-state index contributed by atoms with van der Waals surface area (Å²) in [6.45, 7) is 4.09. The maximum atomic E-state index is 10.3. The molecule has 2 atom stereocenters. The van der Waals surface area contributed by atoms with Crippen LogP contribution in [0.4, 0.5) is 0 Å². The van der Waals surface area contributed by atoms with Gasteiger partial charge in [-0.05, 0) is 43.2 Å². The molecule has 0 bridgehead atoms. The third-order valence-electron chi connectivity index (χ3n) is 3.77. The summed E-state index contributed by atoms with van der Waals surface area (Å²) in [6, 6.07) is 7.47. The highest BCUT2D eigenvalue weighted by molar-refractivity contribution is 8.00. The summed E-state index contributed by atoms with van der Waals surface area (Å²) >= 11 is 2.02. The number of ether oxygens (including phenoxy) is 1. The minimum absolute atomic E-state index is 0.320. The summed E-state index contributed by atoms with van der Waals surface area (Å²) in [5, 5.41) is 17.6. The average Bonchev–Trinajstić information content (AvgIpc) is 3.10. The van der Waals surface area contributed by atoms with E-state index in [9.17, 15) is 5.11 Å². The molecule has 3 N–H and O–H groups in total. The van der Waals surface area contributed by atoms with E-state index in [1.54, 1.807) is 7.11 Å². The van der Waals surface area contributed by atoms with E-state index < -0.39 is 6.10 Å². The second-order valence-corrected chi connectivity index (χ2v) is 6.94. The van der Waals surface area contributed by atoms with Crippen LogP contribution in [-0.2, 0) is 0 Å². The summed E-state index contributed by atoms with van der Waals surface area (Å²) < 4.78 is 5.19. The van der Waals surface area contributed by atoms with Gasteiger partial charge in [-0.3, -0.25) is 4.99 Å². The van der Waals surface area contributed by atoms with Crippen molar-refractivity contribution in [3.05, 3.63) is 29.8 Å². The van der Waals surface area contributed by atoms with Crippen molar-refractivity contribution in [3.63, 3.8) is 0 Å². The molecule has 23 heavy (non-hydrogen) atoms. The normalized spacial score (nSPS) is 19.4. The van der Waals surface area contributed by atoms with Crippen molar-refractivity contribution >= 4 is 17.7 Å². The van der Waals surface area contributed by atoms with Gasteiger partial charge >= 0.3 is 0 Å². The number of aliphatic hydroxyl groups excluding tert-OH is 1. The summed E-state index contributed by atoms with van der Waals surface area (Å²) in [4.78, 5) is 4.50. The van der Waals surface area contributed by atoms with E-state index in [1.165, 1.54) is 18.6 Å². The molecule has 0 saturated carbocycles. The van der Waals surface area contributed by atoms with Crippen LogP contribution in [0.5, 0.6) is 5.75 Å². The van der Waals surface area contributed by atoms with E-state index >= 15 is 0 Å². The maximum Gasteiger partial charge on any atom is 0.191 e. The Labute approximate surface area is 142 Å². The maximum absolute atomic E-state index is 10.3. The first-order valence-electron chi connectivity index (χ1n) is 8.18. The number of thioether (sulfide) groups is 1. The van der Waals surface area contributed by atoms with Crippen molar-refractivity contribution in [1.29, 1.82) is 0 Å². The van der Waals surface area contributed by atoms with E-state index in [4.69, 9.17) is 4.74 Å². The molecule has 1 aromatic rings. The van der Waals surface area contributed by atoms with E-state index in [0.29, 0.717) is 11.8 Å². The molecule has 1 aliphatic rings. The molecule has 2 rings (SSSR count). The van der Waals surface area contributed by atoms with Crippen molar-refractivity contribution in [3.8, 4) is 5.75 Å². The highest BCUT2D eigenvalue weighted by atomic mass is 32.2. The Bertz CT molecular complexity index is 504. The summed E-state index contributed by atoms with van der Waals surface area (Å²) in [6.07, 6.45) is 1.93. The van der Waals surface area contributed by atoms with E-state index in [-0.39, 0.29) is 0 Å². The van der Waals surface area contributed by atoms with E-state index in [2.05, 4.69) is 15.6 Å². The van der Waals surface area contributed by atoms with Crippen LogP contribution in [0.1, 0.15) is 31.4 Å². The first-order chi connectivity index (χ1) is 11.2. The molecule has 128 valence electrons. The molecule has 0 aliphatic carbocycles. The second-order valence-electron chi connectivity index (χ2n) is 5.53. The molecule has 0 amide bonds. The molecule has 2 unspecified atom stereocenters. The van der Waals surface area contributed by atoms with Gasteiger partial charge in [0, 0.05) is 18.3 Å². The van der Waals surface area contributed by atoms with Crippen LogP contribution in [0, 0.1) is 0 Å². The Morgan fingerprint density at radius 3 is 3.04 bits per heavy atom. The van der Waals surface area contributed by atoms with Gasteiger partial charge in [-0.1, -0.05) is 12.1 Å². The number of aliphatic hydroxyl groups is 1. The van der Waals surface area contributed by atoms with E-state index in [0.717, 1.165) is 30.4 Å². The van der Waals surface area contributed by atoms with Gasteiger partial charge in [-0.25, -0.2) is 0 Å². The predicted octanol–water partition coefficient (Wildman–Crippen LogP) is 2.18. The monoisotopic (exact) mass is 337 g/mol. The molecular weight excluding hydrogens is 310 g/mol. The molecule has 1 aromatic carbocycles. The Morgan fingerprint density at radius 2 is 2.35 bits per heavy atom. The zero-order valence-electron chi connectivity index (χ0n) is 13.9. The number of methoxy groups -OCH3 is 1. The van der Waals surface area contributed by atoms with Gasteiger partial charge in [0.1, 0.15) is 5.75 Å². The fourth-order valence-corrected chi connectivity index (χ4v) is 3.69. The Morgan fingerprint density at radius 1 is 1.48 bits per heavy atom. The van der Waals surface area contributed by atoms with Crippen LogP contribution in [0.2, 0.25) is 0 Å². The largest absolute Gasteiger partial charge is 0.497 e. The van der Waals surface area contributed by atoms with Crippen LogP contribution in [-0.4, -0.2) is 48.8 Å². The molecule has 0 radical (unpaired) electrons. The molecule has 0 aromatic heterocycles. The van der Waals surface area contributed by atoms with Gasteiger partial charge in [0.2, 0.25) is 0 Å². The van der Waals surface area contributed by atoms with Crippen molar-refractivity contribution < 1.29 is 9.84 Å². The van der Waals surface area contributed by atoms with Gasteiger partial charge in [0.25, 0.3) is 0 Å². The number of benzene rings is 1. The number of rotatable bonds is 7. The fraction of sp³-hybridized carbons (Fsp3) is 0.588. The quantitative estimate of drug-likeness (QED) is 0.526. The molecule has 1 fully saturated rings. The van der Waals surface area contributed by atoms with Crippen LogP contribution >= 0.6 is 11.8 Å². The predicted molar refractivity (Wildman–Crippen MR) is 97.4 cm³/mol. The van der Waals surface area contributed by atoms with Crippen molar-refractivity contribution in [2.45, 2.75) is 31.1 Å². The van der Waals surface area contributed by atoms with Crippen LogP contribution in [0.3, 0.4) is 0 Å². The summed E-state index contributed by atoms with van der Waals surface area (Å²) in [7, 11) is 1.62. The molecule has 6 heteroatoms. The Kier molecular flexibility index (Phi) is 7.55. The molecule has 1 heterocycles. The standard InChI is InChI=1S/C17H27N3O2S/c1-3-18-17(19-11-15-8-5-9-23-15)20-12-16(21)13-6-4-7-14(10-13)22-2/h4,6-7,10,15-16,21H,3,5,8-9,11-12H2,1-2H3,(H2,18,19,20). The zero-order chi connectivity index (χ0) is 16.5. The lowest BCUT2D eigenvalue weighted by Crippen LogP contribution is -2.40. The third-order valence-corrected chi connectivity index (χ3v) is 5.16. The first-order valence-corrected chi connectivity index (χ1v) is 9.23. The third kappa shape index (κ3) is 5.95. The Balaban J connectivity index is 1.89. The highest BCUT2D eigenvalue weighted by Gasteiger charge is 2.15. The summed E-state index contributed by atoms with van der Waals surface area (Å²) in [5.74, 6) is 2.77. The first kappa shape index (κ1) is 17.9. The molecule has 0 spiro atoms. The van der Waals surface area contributed by atoms with Gasteiger partial charge in [0.05, 0.1) is 19.8 Å². The number of nitrogens with zero attached hydrogens (tertiary/aromatic N) is 1. The van der Waals surface area contributed by atoms with Gasteiger partial charge in [-0.2, -0.15) is 11.8 Å². The van der Waals surface area contributed by atoms with Crippen LogP contribution < -0.4 is 15.4 Å². The Hall–Kier alpha value is -1.40. The molecule has 5 nitrogen and oxygen atoms in total. The molecular formula is C17H27N3O2S. The van der Waals surface area contributed by atoms with Gasteiger partial charge in [0.15, 0.2) is 5.96 Å². The number of guanidine groups is 1. The van der Waals surface area contributed by atoms with Crippen molar-refractivity contribution in [2.75, 3.05) is 32.5 Å². The lowest BCUT2D eigenvalue weighted by Gasteiger charge is -2.16.